The van der Waals surface area contributed by atoms with Crippen LogP contribution in [0.3, 0.4) is 0 Å². The van der Waals surface area contributed by atoms with Gasteiger partial charge in [-0.1, -0.05) is 23.9 Å². The molecule has 25 heavy (non-hydrogen) atoms. The Hall–Kier alpha value is -2.81. The highest BCUT2D eigenvalue weighted by Crippen LogP contribution is 2.20. The van der Waals surface area contributed by atoms with E-state index in [0.29, 0.717) is 16.7 Å². The number of nitrogens with zero attached hydrogens (tertiary/aromatic N) is 6. The molecular formula is C16H17N7OS. The normalized spacial score (nSPS) is 10.7. The second kappa shape index (κ2) is 7.39. The Morgan fingerprint density at radius 3 is 2.64 bits per heavy atom. The maximum Gasteiger partial charge on any atom is 0.234 e. The maximum absolute atomic E-state index is 12.2. The highest BCUT2D eigenvalue weighted by molar-refractivity contribution is 7.99. The molecule has 8 nitrogen and oxygen atoms in total. The summed E-state index contributed by atoms with van der Waals surface area (Å²) < 4.78 is 1.58. The van der Waals surface area contributed by atoms with Gasteiger partial charge in [-0.25, -0.2) is 14.6 Å². The highest BCUT2D eigenvalue weighted by Gasteiger charge is 2.09. The van der Waals surface area contributed by atoms with Crippen molar-refractivity contribution in [3.8, 4) is 11.4 Å². The highest BCUT2D eigenvalue weighted by atomic mass is 32.2. The van der Waals surface area contributed by atoms with E-state index in [1.54, 1.807) is 11.7 Å². The molecule has 0 aliphatic rings. The summed E-state index contributed by atoms with van der Waals surface area (Å²) in [5.41, 5.74) is 3.30. The van der Waals surface area contributed by atoms with Crippen molar-refractivity contribution < 1.29 is 4.79 Å². The van der Waals surface area contributed by atoms with Crippen molar-refractivity contribution in [2.75, 3.05) is 11.1 Å². The largest absolute Gasteiger partial charge is 0.325 e. The molecule has 1 aromatic carbocycles. The fraction of sp³-hybridized carbons (Fsp3) is 0.250. The molecule has 1 N–H and O–H groups in total. The number of nitrogens with one attached hydrogen (secondary N) is 1. The third-order valence-electron chi connectivity index (χ3n) is 3.32. The predicted molar refractivity (Wildman–Crippen MR) is 95.1 cm³/mol. The minimum Gasteiger partial charge on any atom is -0.325 e. The van der Waals surface area contributed by atoms with Gasteiger partial charge in [0.1, 0.15) is 0 Å². The first-order valence-electron chi connectivity index (χ1n) is 7.59. The second-order valence-corrected chi connectivity index (χ2v) is 6.42. The van der Waals surface area contributed by atoms with Gasteiger partial charge in [-0.3, -0.25) is 4.79 Å². The van der Waals surface area contributed by atoms with E-state index in [1.165, 1.54) is 11.8 Å². The Labute approximate surface area is 149 Å². The lowest BCUT2D eigenvalue weighted by atomic mass is 10.2. The Morgan fingerprint density at radius 2 is 1.96 bits per heavy atom. The molecule has 2 heterocycles. The van der Waals surface area contributed by atoms with Gasteiger partial charge in [-0.2, -0.15) is 0 Å². The van der Waals surface area contributed by atoms with Crippen molar-refractivity contribution in [3.63, 3.8) is 0 Å². The lowest BCUT2D eigenvalue weighted by Crippen LogP contribution is -2.14. The van der Waals surface area contributed by atoms with Gasteiger partial charge in [-0.15, -0.1) is 5.10 Å². The second-order valence-electron chi connectivity index (χ2n) is 5.48. The number of anilines is 1. The topological polar surface area (TPSA) is 98.5 Å². The zero-order valence-electron chi connectivity index (χ0n) is 14.1. The summed E-state index contributed by atoms with van der Waals surface area (Å²) in [5, 5.41) is 14.9. The minimum atomic E-state index is -0.124. The van der Waals surface area contributed by atoms with E-state index in [4.69, 9.17) is 0 Å². The zero-order valence-corrected chi connectivity index (χ0v) is 14.9. The molecule has 0 spiro atoms. The van der Waals surface area contributed by atoms with Crippen molar-refractivity contribution in [2.24, 2.45) is 7.05 Å². The third-order valence-corrected chi connectivity index (χ3v) is 4.17. The van der Waals surface area contributed by atoms with E-state index in [-0.39, 0.29) is 11.7 Å². The molecule has 0 saturated heterocycles. The molecule has 0 fully saturated rings. The summed E-state index contributed by atoms with van der Waals surface area (Å²) in [6.45, 7) is 3.82. The number of tetrazole rings is 1. The van der Waals surface area contributed by atoms with Crippen LogP contribution >= 0.6 is 11.8 Å². The maximum atomic E-state index is 12.2. The van der Waals surface area contributed by atoms with Crippen molar-refractivity contribution in [1.29, 1.82) is 0 Å². The van der Waals surface area contributed by atoms with Crippen LogP contribution in [-0.2, 0) is 11.8 Å². The quantitative estimate of drug-likeness (QED) is 0.552. The fourth-order valence-electron chi connectivity index (χ4n) is 2.30. The van der Waals surface area contributed by atoms with Crippen LogP contribution in [-0.4, -0.2) is 41.8 Å². The molecule has 128 valence electrons. The van der Waals surface area contributed by atoms with Crippen molar-refractivity contribution >= 4 is 23.4 Å². The Morgan fingerprint density at radius 1 is 1.20 bits per heavy atom. The molecule has 0 aliphatic carbocycles. The first-order valence-corrected chi connectivity index (χ1v) is 8.57. The molecule has 9 heteroatoms. The molecule has 0 atom stereocenters. The Bertz CT molecular complexity index is 889. The number of hydrogen-bond acceptors (Lipinski definition) is 7. The van der Waals surface area contributed by atoms with Gasteiger partial charge in [0.25, 0.3) is 0 Å². The van der Waals surface area contributed by atoms with Crippen molar-refractivity contribution in [2.45, 2.75) is 19.0 Å². The van der Waals surface area contributed by atoms with Gasteiger partial charge in [0.05, 0.1) is 5.75 Å². The van der Waals surface area contributed by atoms with Gasteiger partial charge >= 0.3 is 0 Å². The summed E-state index contributed by atoms with van der Waals surface area (Å²) in [5.74, 6) is 0.744. The molecule has 0 bridgehead atoms. The van der Waals surface area contributed by atoms with Crippen molar-refractivity contribution in [3.05, 3.63) is 41.7 Å². The fourth-order valence-corrected chi connectivity index (χ4v) is 3.04. The molecule has 0 saturated carbocycles. The first-order chi connectivity index (χ1) is 12.0. The summed E-state index contributed by atoms with van der Waals surface area (Å²) in [4.78, 5) is 20.8. The number of carbonyl (C=O) groups excluding carboxylic acids is 1. The van der Waals surface area contributed by atoms with Crippen LogP contribution in [0.25, 0.3) is 11.4 Å². The smallest absolute Gasteiger partial charge is 0.234 e. The number of carbonyl (C=O) groups is 1. The predicted octanol–water partition coefficient (Wildman–Crippen LogP) is 2.01. The average Bonchev–Trinajstić information content (AvgIpc) is 2.98. The number of amides is 1. The average molecular weight is 355 g/mol. The SMILES string of the molecule is Cc1cc(C)nc(SCC(=O)Nc2cccc(-c3nnnn3C)c2)n1. The Balaban J connectivity index is 1.64. The van der Waals surface area contributed by atoms with E-state index in [1.807, 2.05) is 44.2 Å². The van der Waals surface area contributed by atoms with Crippen LogP contribution in [0.4, 0.5) is 5.69 Å². The number of aryl methyl sites for hydroxylation is 3. The summed E-state index contributed by atoms with van der Waals surface area (Å²) in [7, 11) is 1.76. The van der Waals surface area contributed by atoms with Crippen LogP contribution in [0.1, 0.15) is 11.4 Å². The van der Waals surface area contributed by atoms with Gasteiger partial charge in [-0.05, 0) is 42.5 Å². The number of thioether (sulfide) groups is 1. The molecule has 0 radical (unpaired) electrons. The first kappa shape index (κ1) is 17.0. The monoisotopic (exact) mass is 355 g/mol. The number of benzene rings is 1. The van der Waals surface area contributed by atoms with E-state index in [0.717, 1.165) is 17.0 Å². The Kier molecular flexibility index (Phi) is 5.03. The van der Waals surface area contributed by atoms with Crippen LogP contribution in [0.15, 0.2) is 35.5 Å². The molecule has 3 rings (SSSR count). The molecule has 3 aromatic rings. The third kappa shape index (κ3) is 4.38. The summed E-state index contributed by atoms with van der Waals surface area (Å²) in [6.07, 6.45) is 0. The zero-order chi connectivity index (χ0) is 17.8. The van der Waals surface area contributed by atoms with Gasteiger partial charge in [0.15, 0.2) is 11.0 Å². The number of hydrogen-bond donors (Lipinski definition) is 1. The van der Waals surface area contributed by atoms with Crippen LogP contribution in [0.2, 0.25) is 0 Å². The number of aromatic nitrogens is 6. The lowest BCUT2D eigenvalue weighted by Gasteiger charge is -2.07. The van der Waals surface area contributed by atoms with Crippen LogP contribution in [0.5, 0.6) is 0 Å². The van der Waals surface area contributed by atoms with Gasteiger partial charge in [0.2, 0.25) is 5.91 Å². The summed E-state index contributed by atoms with van der Waals surface area (Å²) in [6, 6.07) is 9.29. The van der Waals surface area contributed by atoms with Crippen LogP contribution in [0, 0.1) is 13.8 Å². The molecular weight excluding hydrogens is 338 g/mol. The van der Waals surface area contributed by atoms with Gasteiger partial charge < -0.3 is 5.32 Å². The van der Waals surface area contributed by atoms with E-state index in [9.17, 15) is 4.79 Å². The van der Waals surface area contributed by atoms with E-state index < -0.39 is 0 Å². The number of rotatable bonds is 5. The standard InChI is InChI=1S/C16H17N7OS/c1-10-7-11(2)18-16(17-10)25-9-14(24)19-13-6-4-5-12(8-13)15-20-21-22-23(15)3/h4-8H,9H2,1-3H3,(H,19,24). The molecule has 1 amide bonds. The molecule has 0 aliphatic heterocycles. The minimum absolute atomic E-state index is 0.124. The van der Waals surface area contributed by atoms with Crippen LogP contribution < -0.4 is 5.32 Å². The van der Waals surface area contributed by atoms with Crippen molar-refractivity contribution in [1.82, 2.24) is 30.2 Å². The van der Waals surface area contributed by atoms with Gasteiger partial charge in [0, 0.05) is 29.7 Å². The molecule has 0 unspecified atom stereocenters. The molecule has 2 aromatic heterocycles. The summed E-state index contributed by atoms with van der Waals surface area (Å²) >= 11 is 1.31. The van der Waals surface area contributed by atoms with E-state index >= 15 is 0 Å². The van der Waals surface area contributed by atoms with E-state index in [2.05, 4.69) is 30.8 Å². The lowest BCUT2D eigenvalue weighted by molar-refractivity contribution is -0.113.